The highest BCUT2D eigenvalue weighted by molar-refractivity contribution is 6.31. The number of nitrogens with zero attached hydrogens (tertiary/aromatic N) is 2. The van der Waals surface area contributed by atoms with Crippen LogP contribution in [0.3, 0.4) is 0 Å². The van der Waals surface area contributed by atoms with Gasteiger partial charge in [0, 0.05) is 15.6 Å². The molecule has 1 aromatic heterocycles. The van der Waals surface area contributed by atoms with Crippen LogP contribution >= 0.6 is 23.2 Å². The highest BCUT2D eigenvalue weighted by Gasteiger charge is 2.32. The lowest BCUT2D eigenvalue weighted by molar-refractivity contribution is -0.706. The number of rotatable bonds is 4. The molecule has 132 valence electrons. The molecular formula is C19H16Cl2N3O2+. The molecule has 0 aliphatic carbocycles. The largest absolute Gasteiger partial charge is 0.488 e. The Bertz CT molecular complexity index is 924. The number of aromatic nitrogens is 2. The van der Waals surface area contributed by atoms with Gasteiger partial charge in [0.1, 0.15) is 37.1 Å². The third-order valence-electron chi connectivity index (χ3n) is 4.17. The molecule has 0 bridgehead atoms. The summed E-state index contributed by atoms with van der Waals surface area (Å²) >= 11 is 12.0. The molecule has 1 atom stereocenters. The van der Waals surface area contributed by atoms with Gasteiger partial charge >= 0.3 is 0 Å². The molecular weight excluding hydrogens is 373 g/mol. The van der Waals surface area contributed by atoms with E-state index in [1.165, 1.54) is 0 Å². The van der Waals surface area contributed by atoms with E-state index in [1.54, 1.807) is 6.07 Å². The summed E-state index contributed by atoms with van der Waals surface area (Å²) in [6.07, 6.45) is 5.65. The maximum atomic E-state index is 6.09. The zero-order valence-electron chi connectivity index (χ0n) is 13.7. The molecule has 0 radical (unpaired) electrons. The van der Waals surface area contributed by atoms with Crippen molar-refractivity contribution in [1.29, 1.82) is 0 Å². The lowest BCUT2D eigenvalue weighted by Crippen LogP contribution is -2.48. The number of halogens is 2. The zero-order valence-corrected chi connectivity index (χ0v) is 15.2. The summed E-state index contributed by atoms with van der Waals surface area (Å²) in [5, 5.41) is 5.75. The summed E-state index contributed by atoms with van der Waals surface area (Å²) in [4.78, 5) is 8.69. The number of imidazole rings is 1. The predicted octanol–water partition coefficient (Wildman–Crippen LogP) is 4.16. The van der Waals surface area contributed by atoms with Crippen molar-refractivity contribution in [3.63, 3.8) is 0 Å². The smallest absolute Gasteiger partial charge is 0.242 e. The minimum atomic E-state index is -0.0971. The van der Waals surface area contributed by atoms with Crippen molar-refractivity contribution in [2.24, 2.45) is 5.16 Å². The summed E-state index contributed by atoms with van der Waals surface area (Å²) in [5.41, 5.74) is 2.66. The number of H-pyrrole nitrogens is 1. The quantitative estimate of drug-likeness (QED) is 0.538. The van der Waals surface area contributed by atoms with Gasteiger partial charge in [0.2, 0.25) is 6.33 Å². The monoisotopic (exact) mass is 388 g/mol. The van der Waals surface area contributed by atoms with E-state index >= 15 is 0 Å². The lowest BCUT2D eigenvalue weighted by atomic mass is 10.00. The number of ether oxygens (including phenoxy) is 1. The number of benzene rings is 2. The Hall–Kier alpha value is -2.50. The van der Waals surface area contributed by atoms with E-state index in [9.17, 15) is 0 Å². The van der Waals surface area contributed by atoms with Crippen LogP contribution in [0.1, 0.15) is 17.2 Å². The van der Waals surface area contributed by atoms with Crippen molar-refractivity contribution >= 4 is 28.9 Å². The number of aromatic amines is 1. The molecule has 1 aliphatic heterocycles. The van der Waals surface area contributed by atoms with Crippen LogP contribution in [0.5, 0.6) is 5.75 Å². The Labute approximate surface area is 160 Å². The standard InChI is InChI=1S/C19H15Cl2N3O2/c20-14-3-1-13(2-4-14)10-26-23-19-16-6-5-15(21)9-18(16)25-11-17(19)24-8-7-22-12-24/h1-9,12,17H,10-11H2/p+1/b23-19-. The molecule has 1 unspecified atom stereocenters. The van der Waals surface area contributed by atoms with Gasteiger partial charge in [0.25, 0.3) is 0 Å². The number of nitrogens with one attached hydrogen (secondary N) is 1. The second-order valence-corrected chi connectivity index (χ2v) is 6.78. The first-order valence-corrected chi connectivity index (χ1v) is 8.87. The predicted molar refractivity (Wildman–Crippen MR) is 99.7 cm³/mol. The zero-order chi connectivity index (χ0) is 17.9. The van der Waals surface area contributed by atoms with Gasteiger partial charge in [-0.2, -0.15) is 0 Å². The molecule has 3 aromatic rings. The van der Waals surface area contributed by atoms with Crippen molar-refractivity contribution < 1.29 is 14.1 Å². The second kappa shape index (κ2) is 7.40. The van der Waals surface area contributed by atoms with E-state index < -0.39 is 0 Å². The van der Waals surface area contributed by atoms with E-state index in [4.69, 9.17) is 32.8 Å². The molecule has 2 heterocycles. The van der Waals surface area contributed by atoms with Crippen LogP contribution in [0, 0.1) is 0 Å². The molecule has 4 rings (SSSR count). The van der Waals surface area contributed by atoms with Crippen LogP contribution in [-0.2, 0) is 11.4 Å². The Morgan fingerprint density at radius 1 is 1.15 bits per heavy atom. The van der Waals surface area contributed by atoms with Crippen molar-refractivity contribution in [3.05, 3.63) is 82.4 Å². The van der Waals surface area contributed by atoms with Crippen LogP contribution in [0.2, 0.25) is 10.0 Å². The SMILES string of the molecule is Clc1ccc(CO/N=C2/c3ccc(Cl)cc3OCC2[n+]2cc[nH]c2)cc1. The van der Waals surface area contributed by atoms with Gasteiger partial charge in [-0.15, -0.1) is 0 Å². The summed E-state index contributed by atoms with van der Waals surface area (Å²) in [5.74, 6) is 0.707. The molecule has 26 heavy (non-hydrogen) atoms. The van der Waals surface area contributed by atoms with E-state index in [-0.39, 0.29) is 6.04 Å². The van der Waals surface area contributed by atoms with Gasteiger partial charge < -0.3 is 9.57 Å². The molecule has 7 heteroatoms. The minimum Gasteiger partial charge on any atom is -0.488 e. The number of oxime groups is 1. The van der Waals surface area contributed by atoms with E-state index in [0.29, 0.717) is 29.0 Å². The van der Waals surface area contributed by atoms with Gasteiger partial charge in [0.05, 0.1) is 0 Å². The first-order chi connectivity index (χ1) is 12.7. The molecule has 2 aromatic carbocycles. The Morgan fingerprint density at radius 2 is 1.96 bits per heavy atom. The fourth-order valence-corrected chi connectivity index (χ4v) is 3.13. The molecule has 0 saturated heterocycles. The van der Waals surface area contributed by atoms with Crippen molar-refractivity contribution in [3.8, 4) is 5.75 Å². The van der Waals surface area contributed by atoms with Crippen LogP contribution < -0.4 is 9.30 Å². The molecule has 1 aliphatic rings. The number of fused-ring (bicyclic) bond motifs is 1. The molecule has 0 spiro atoms. The normalized spacial score (nSPS) is 17.6. The summed E-state index contributed by atoms with van der Waals surface area (Å²) < 4.78 is 7.88. The summed E-state index contributed by atoms with van der Waals surface area (Å²) in [6.45, 7) is 0.800. The summed E-state index contributed by atoms with van der Waals surface area (Å²) in [6, 6.07) is 12.9. The molecule has 0 amide bonds. The van der Waals surface area contributed by atoms with Crippen LogP contribution in [-0.4, -0.2) is 17.3 Å². The first-order valence-electron chi connectivity index (χ1n) is 8.11. The number of hydrogen-bond acceptors (Lipinski definition) is 3. The fraction of sp³-hybridized carbons (Fsp3) is 0.158. The highest BCUT2D eigenvalue weighted by Crippen LogP contribution is 2.31. The lowest BCUT2D eigenvalue weighted by Gasteiger charge is -2.24. The van der Waals surface area contributed by atoms with Crippen molar-refractivity contribution in [2.75, 3.05) is 6.61 Å². The van der Waals surface area contributed by atoms with Gasteiger partial charge in [-0.25, -0.2) is 4.57 Å². The van der Waals surface area contributed by atoms with Gasteiger partial charge in [-0.05, 0) is 35.9 Å². The Kier molecular flexibility index (Phi) is 4.82. The summed E-state index contributed by atoms with van der Waals surface area (Å²) in [7, 11) is 0. The Balaban J connectivity index is 1.63. The van der Waals surface area contributed by atoms with E-state index in [1.807, 2.05) is 59.7 Å². The maximum Gasteiger partial charge on any atom is 0.242 e. The topological polar surface area (TPSA) is 50.5 Å². The van der Waals surface area contributed by atoms with Gasteiger partial charge in [-0.1, -0.05) is 40.5 Å². The third-order valence-corrected chi connectivity index (χ3v) is 4.65. The van der Waals surface area contributed by atoms with E-state index in [2.05, 4.69) is 10.1 Å². The van der Waals surface area contributed by atoms with Crippen LogP contribution in [0.15, 0.2) is 66.3 Å². The Morgan fingerprint density at radius 3 is 2.73 bits per heavy atom. The van der Waals surface area contributed by atoms with Gasteiger partial charge in [0.15, 0.2) is 6.04 Å². The van der Waals surface area contributed by atoms with Crippen LogP contribution in [0.25, 0.3) is 0 Å². The molecule has 0 fully saturated rings. The second-order valence-electron chi connectivity index (χ2n) is 5.90. The number of hydrogen-bond donors (Lipinski definition) is 1. The fourth-order valence-electron chi connectivity index (χ4n) is 2.84. The average molecular weight is 389 g/mol. The van der Waals surface area contributed by atoms with Gasteiger partial charge in [-0.3, -0.25) is 4.98 Å². The third kappa shape index (κ3) is 3.54. The van der Waals surface area contributed by atoms with E-state index in [0.717, 1.165) is 16.8 Å². The maximum absolute atomic E-state index is 6.09. The average Bonchev–Trinajstić information content (AvgIpc) is 3.17. The molecule has 1 N–H and O–H groups in total. The minimum absolute atomic E-state index is 0.0971. The highest BCUT2D eigenvalue weighted by atomic mass is 35.5. The van der Waals surface area contributed by atoms with Crippen LogP contribution in [0.4, 0.5) is 0 Å². The first kappa shape index (κ1) is 16.9. The molecule has 5 nitrogen and oxygen atoms in total. The van der Waals surface area contributed by atoms with Crippen molar-refractivity contribution in [2.45, 2.75) is 12.6 Å². The molecule has 0 saturated carbocycles. The van der Waals surface area contributed by atoms with Crippen molar-refractivity contribution in [1.82, 2.24) is 4.98 Å².